The van der Waals surface area contributed by atoms with Crippen LogP contribution < -0.4 is 11.1 Å². The lowest BCUT2D eigenvalue weighted by Crippen LogP contribution is -2.42. The summed E-state index contributed by atoms with van der Waals surface area (Å²) in [7, 11) is 1.90. The fourth-order valence-electron chi connectivity index (χ4n) is 0.815. The van der Waals surface area contributed by atoms with E-state index in [1.54, 1.807) is 0 Å². The molecule has 0 saturated heterocycles. The molecule has 1 amide bonds. The molecule has 0 aliphatic rings. The lowest BCUT2D eigenvalue weighted by Gasteiger charge is -2.22. The average molecular weight is 173 g/mol. The van der Waals surface area contributed by atoms with Gasteiger partial charge in [-0.25, -0.2) is 0 Å². The third kappa shape index (κ3) is 4.31. The van der Waals surface area contributed by atoms with E-state index in [1.165, 1.54) is 0 Å². The van der Waals surface area contributed by atoms with Crippen LogP contribution in [0, 0.1) is 0 Å². The number of carbonyl (C=O) groups excluding carboxylic acids is 1. The Morgan fingerprint density at radius 2 is 2.25 bits per heavy atom. The minimum atomic E-state index is 0.0558. The van der Waals surface area contributed by atoms with Crippen LogP contribution in [0.2, 0.25) is 0 Å². The molecule has 4 nitrogen and oxygen atoms in total. The van der Waals surface area contributed by atoms with Gasteiger partial charge in [0.15, 0.2) is 0 Å². The number of nitrogens with two attached hydrogens (primary N) is 1. The van der Waals surface area contributed by atoms with E-state index in [-0.39, 0.29) is 11.9 Å². The Morgan fingerprint density at radius 3 is 2.67 bits per heavy atom. The zero-order valence-electron chi connectivity index (χ0n) is 8.13. The summed E-state index contributed by atoms with van der Waals surface area (Å²) in [6, 6.07) is 0.257. The number of rotatable bonds is 5. The zero-order valence-corrected chi connectivity index (χ0v) is 8.13. The van der Waals surface area contributed by atoms with Gasteiger partial charge in [0, 0.05) is 19.1 Å². The topological polar surface area (TPSA) is 58.4 Å². The van der Waals surface area contributed by atoms with Gasteiger partial charge in [-0.3, -0.25) is 9.69 Å². The predicted molar refractivity (Wildman–Crippen MR) is 49.8 cm³/mol. The van der Waals surface area contributed by atoms with Crippen molar-refractivity contribution in [3.8, 4) is 0 Å². The van der Waals surface area contributed by atoms with Crippen LogP contribution in [-0.2, 0) is 4.79 Å². The largest absolute Gasteiger partial charge is 0.355 e. The number of hydrogen-bond donors (Lipinski definition) is 2. The lowest BCUT2D eigenvalue weighted by molar-refractivity contribution is -0.122. The smallest absolute Gasteiger partial charge is 0.234 e. The molecule has 12 heavy (non-hydrogen) atoms. The number of amides is 1. The van der Waals surface area contributed by atoms with Crippen molar-refractivity contribution < 1.29 is 4.79 Å². The highest BCUT2D eigenvalue weighted by Crippen LogP contribution is 1.91. The molecule has 4 heteroatoms. The summed E-state index contributed by atoms with van der Waals surface area (Å²) in [6.07, 6.45) is 0. The first-order chi connectivity index (χ1) is 5.61. The van der Waals surface area contributed by atoms with Gasteiger partial charge in [-0.05, 0) is 20.9 Å². The lowest BCUT2D eigenvalue weighted by atomic mass is 10.3. The third-order valence-electron chi connectivity index (χ3n) is 1.86. The van der Waals surface area contributed by atoms with Crippen LogP contribution in [0.3, 0.4) is 0 Å². The Morgan fingerprint density at radius 1 is 1.67 bits per heavy atom. The molecule has 0 heterocycles. The molecule has 0 radical (unpaired) electrons. The number of likely N-dealkylation sites (N-methyl/N-ethyl adjacent to an activating group) is 2. The highest BCUT2D eigenvalue weighted by atomic mass is 16.2. The molecule has 3 N–H and O–H groups in total. The third-order valence-corrected chi connectivity index (χ3v) is 1.86. The van der Waals surface area contributed by atoms with E-state index in [9.17, 15) is 4.79 Å². The average Bonchev–Trinajstić information content (AvgIpc) is 2.03. The maximum atomic E-state index is 11.1. The number of carbonyl (C=O) groups is 1. The molecule has 0 aromatic heterocycles. The van der Waals surface area contributed by atoms with Crippen LogP contribution in [-0.4, -0.2) is 43.5 Å². The van der Waals surface area contributed by atoms with Crippen molar-refractivity contribution in [2.75, 3.05) is 26.7 Å². The van der Waals surface area contributed by atoms with Gasteiger partial charge in [-0.1, -0.05) is 0 Å². The van der Waals surface area contributed by atoms with E-state index in [1.807, 2.05) is 25.8 Å². The van der Waals surface area contributed by atoms with Crippen LogP contribution in [0.15, 0.2) is 0 Å². The van der Waals surface area contributed by atoms with E-state index in [0.29, 0.717) is 19.6 Å². The molecule has 1 atom stereocenters. The normalized spacial score (nSPS) is 13.1. The second kappa shape index (κ2) is 5.97. The summed E-state index contributed by atoms with van der Waals surface area (Å²) in [5, 5.41) is 2.73. The first-order valence-electron chi connectivity index (χ1n) is 4.28. The first kappa shape index (κ1) is 11.4. The highest BCUT2D eigenvalue weighted by Gasteiger charge is 2.10. The quantitative estimate of drug-likeness (QED) is 0.584. The molecule has 72 valence electrons. The Balaban J connectivity index is 3.67. The maximum Gasteiger partial charge on any atom is 0.234 e. The number of nitrogens with zero attached hydrogens (tertiary/aromatic N) is 1. The van der Waals surface area contributed by atoms with Crippen molar-refractivity contribution in [2.24, 2.45) is 5.73 Å². The number of hydrogen-bond acceptors (Lipinski definition) is 3. The summed E-state index contributed by atoms with van der Waals surface area (Å²) in [5.41, 5.74) is 5.45. The van der Waals surface area contributed by atoms with Gasteiger partial charge in [-0.2, -0.15) is 0 Å². The summed E-state index contributed by atoms with van der Waals surface area (Å²) in [6.45, 7) is 5.59. The second-order valence-corrected chi connectivity index (χ2v) is 2.95. The molecule has 0 bridgehead atoms. The second-order valence-electron chi connectivity index (χ2n) is 2.95. The summed E-state index contributed by atoms with van der Waals surface area (Å²) in [4.78, 5) is 13.0. The van der Waals surface area contributed by atoms with E-state index in [4.69, 9.17) is 5.73 Å². The molecular formula is C8H19N3O. The van der Waals surface area contributed by atoms with Gasteiger partial charge >= 0.3 is 0 Å². The fourth-order valence-corrected chi connectivity index (χ4v) is 0.815. The molecular weight excluding hydrogens is 154 g/mol. The van der Waals surface area contributed by atoms with Gasteiger partial charge in [0.1, 0.15) is 0 Å². The molecule has 0 aliphatic heterocycles. The van der Waals surface area contributed by atoms with Gasteiger partial charge in [0.25, 0.3) is 0 Å². The minimum absolute atomic E-state index is 0.0558. The van der Waals surface area contributed by atoms with Crippen molar-refractivity contribution in [1.29, 1.82) is 0 Å². The first-order valence-corrected chi connectivity index (χ1v) is 4.28. The van der Waals surface area contributed by atoms with Crippen LogP contribution >= 0.6 is 0 Å². The molecule has 0 fully saturated rings. The predicted octanol–water partition coefficient (Wildman–Crippen LogP) is -0.598. The maximum absolute atomic E-state index is 11.1. The SMILES string of the molecule is CCNC(=O)CN(C)C(C)CN. The molecule has 0 spiro atoms. The van der Waals surface area contributed by atoms with Crippen molar-refractivity contribution in [3.05, 3.63) is 0 Å². The van der Waals surface area contributed by atoms with Gasteiger partial charge in [0.2, 0.25) is 5.91 Å². The Hall–Kier alpha value is -0.610. The van der Waals surface area contributed by atoms with Crippen molar-refractivity contribution >= 4 is 5.91 Å². The summed E-state index contributed by atoms with van der Waals surface area (Å²) in [5.74, 6) is 0.0558. The molecule has 1 unspecified atom stereocenters. The van der Waals surface area contributed by atoms with Crippen molar-refractivity contribution in [3.63, 3.8) is 0 Å². The summed E-state index contributed by atoms with van der Waals surface area (Å²) >= 11 is 0. The highest BCUT2D eigenvalue weighted by molar-refractivity contribution is 5.77. The van der Waals surface area contributed by atoms with Gasteiger partial charge in [-0.15, -0.1) is 0 Å². The Bertz CT molecular complexity index is 138. The Labute approximate surface area is 74.1 Å². The van der Waals surface area contributed by atoms with Crippen molar-refractivity contribution in [2.45, 2.75) is 19.9 Å². The van der Waals surface area contributed by atoms with E-state index >= 15 is 0 Å². The molecule has 0 aliphatic carbocycles. The van der Waals surface area contributed by atoms with Crippen LogP contribution in [0.5, 0.6) is 0 Å². The van der Waals surface area contributed by atoms with Crippen LogP contribution in [0.25, 0.3) is 0 Å². The van der Waals surface area contributed by atoms with E-state index in [0.717, 1.165) is 0 Å². The van der Waals surface area contributed by atoms with Crippen LogP contribution in [0.1, 0.15) is 13.8 Å². The molecule has 0 aromatic rings. The molecule has 0 rings (SSSR count). The van der Waals surface area contributed by atoms with Gasteiger partial charge in [0.05, 0.1) is 6.54 Å². The van der Waals surface area contributed by atoms with E-state index in [2.05, 4.69) is 5.32 Å². The minimum Gasteiger partial charge on any atom is -0.355 e. The summed E-state index contributed by atoms with van der Waals surface area (Å²) < 4.78 is 0. The Kier molecular flexibility index (Phi) is 5.66. The monoisotopic (exact) mass is 173 g/mol. The van der Waals surface area contributed by atoms with Crippen LogP contribution in [0.4, 0.5) is 0 Å². The van der Waals surface area contributed by atoms with Crippen molar-refractivity contribution in [1.82, 2.24) is 10.2 Å². The standard InChI is InChI=1S/C8H19N3O/c1-4-10-8(12)6-11(3)7(2)5-9/h7H,4-6,9H2,1-3H3,(H,10,12). The molecule has 0 saturated carbocycles. The van der Waals surface area contributed by atoms with E-state index < -0.39 is 0 Å². The number of nitrogens with one attached hydrogen (secondary N) is 1. The fraction of sp³-hybridized carbons (Fsp3) is 0.875. The molecule has 0 aromatic carbocycles. The van der Waals surface area contributed by atoms with Gasteiger partial charge < -0.3 is 11.1 Å². The zero-order chi connectivity index (χ0) is 9.56.